The molecular weight excluding hydrogens is 312 g/mol. The Balaban J connectivity index is 1.63. The fourth-order valence-electron chi connectivity index (χ4n) is 3.55. The van der Waals surface area contributed by atoms with Crippen molar-refractivity contribution in [1.82, 2.24) is 10.1 Å². The zero-order chi connectivity index (χ0) is 17.9. The fourth-order valence-corrected chi connectivity index (χ4v) is 3.55. The third-order valence-corrected chi connectivity index (χ3v) is 5.04. The minimum absolute atomic E-state index is 0.362. The smallest absolute Gasteiger partial charge is 0.133 e. The first-order chi connectivity index (χ1) is 11.9. The molecule has 0 amide bonds. The number of benzene rings is 1. The lowest BCUT2D eigenvalue weighted by Gasteiger charge is -2.34. The molecule has 0 radical (unpaired) electrons. The first-order valence-corrected chi connectivity index (χ1v) is 9.38. The standard InChI is InChI=1S/C21H30N2O2/c1-16-14-19(22-25-16)20-6-4-5-13-23(20)15-18-9-7-17(8-10-18)11-12-21(2,3)24/h7-10,14,20,24H,4-6,11-13,15H2,1-3H3/t20-/m1/s1. The molecule has 3 rings (SSSR count). The van der Waals surface area contributed by atoms with Gasteiger partial charge in [0.25, 0.3) is 0 Å². The lowest BCUT2D eigenvalue weighted by atomic mass is 9.97. The lowest BCUT2D eigenvalue weighted by molar-refractivity contribution is 0.0714. The van der Waals surface area contributed by atoms with Crippen LogP contribution in [-0.4, -0.2) is 27.3 Å². The molecule has 1 atom stereocenters. The molecule has 0 bridgehead atoms. The van der Waals surface area contributed by atoms with E-state index in [9.17, 15) is 5.11 Å². The highest BCUT2D eigenvalue weighted by atomic mass is 16.5. The Bertz CT molecular complexity index is 670. The monoisotopic (exact) mass is 342 g/mol. The maximum atomic E-state index is 9.87. The number of piperidine rings is 1. The molecule has 1 aliphatic rings. The van der Waals surface area contributed by atoms with E-state index >= 15 is 0 Å². The second kappa shape index (κ2) is 7.71. The Morgan fingerprint density at radius 3 is 2.56 bits per heavy atom. The number of aryl methyl sites for hydroxylation is 2. The quantitative estimate of drug-likeness (QED) is 0.844. The van der Waals surface area contributed by atoms with Crippen molar-refractivity contribution in [1.29, 1.82) is 0 Å². The SMILES string of the molecule is Cc1cc([C@H]2CCCCN2Cc2ccc(CCC(C)(C)O)cc2)no1. The molecule has 2 heterocycles. The number of likely N-dealkylation sites (tertiary alicyclic amines) is 1. The van der Waals surface area contributed by atoms with Crippen LogP contribution in [0.15, 0.2) is 34.9 Å². The number of aliphatic hydroxyl groups is 1. The van der Waals surface area contributed by atoms with Crippen LogP contribution < -0.4 is 0 Å². The Morgan fingerprint density at radius 2 is 1.92 bits per heavy atom. The Kier molecular flexibility index (Phi) is 5.60. The summed E-state index contributed by atoms with van der Waals surface area (Å²) in [6.07, 6.45) is 5.34. The molecule has 0 unspecified atom stereocenters. The van der Waals surface area contributed by atoms with Crippen LogP contribution in [0.4, 0.5) is 0 Å². The summed E-state index contributed by atoms with van der Waals surface area (Å²) in [4.78, 5) is 2.52. The van der Waals surface area contributed by atoms with Gasteiger partial charge in [0.05, 0.1) is 11.6 Å². The summed E-state index contributed by atoms with van der Waals surface area (Å²) >= 11 is 0. The number of hydrogen-bond acceptors (Lipinski definition) is 4. The number of nitrogens with zero attached hydrogens (tertiary/aromatic N) is 2. The summed E-state index contributed by atoms with van der Waals surface area (Å²) in [5.41, 5.74) is 3.08. The van der Waals surface area contributed by atoms with Gasteiger partial charge < -0.3 is 9.63 Å². The fraction of sp³-hybridized carbons (Fsp3) is 0.571. The second-order valence-electron chi connectivity index (χ2n) is 7.97. The van der Waals surface area contributed by atoms with Crippen molar-refractivity contribution in [2.24, 2.45) is 0 Å². The van der Waals surface area contributed by atoms with Crippen LogP contribution in [0, 0.1) is 6.92 Å². The zero-order valence-electron chi connectivity index (χ0n) is 15.7. The number of rotatable bonds is 6. The third kappa shape index (κ3) is 5.16. The van der Waals surface area contributed by atoms with E-state index in [-0.39, 0.29) is 0 Å². The van der Waals surface area contributed by atoms with Gasteiger partial charge in [-0.25, -0.2) is 0 Å². The van der Waals surface area contributed by atoms with Crippen LogP contribution in [0.5, 0.6) is 0 Å². The molecule has 1 fully saturated rings. The molecule has 1 saturated heterocycles. The zero-order valence-corrected chi connectivity index (χ0v) is 15.7. The summed E-state index contributed by atoms with van der Waals surface area (Å²) < 4.78 is 5.29. The van der Waals surface area contributed by atoms with Gasteiger partial charge >= 0.3 is 0 Å². The first-order valence-electron chi connectivity index (χ1n) is 9.38. The van der Waals surface area contributed by atoms with Crippen LogP contribution in [0.3, 0.4) is 0 Å². The van der Waals surface area contributed by atoms with Gasteiger partial charge in [-0.05, 0) is 64.1 Å². The van der Waals surface area contributed by atoms with Crippen molar-refractivity contribution in [3.05, 3.63) is 52.9 Å². The Morgan fingerprint density at radius 1 is 1.20 bits per heavy atom. The average Bonchev–Trinajstić information content (AvgIpc) is 3.00. The second-order valence-corrected chi connectivity index (χ2v) is 7.97. The normalized spacial score (nSPS) is 19.3. The van der Waals surface area contributed by atoms with Gasteiger partial charge in [0.2, 0.25) is 0 Å². The molecule has 4 heteroatoms. The predicted molar refractivity (Wildman–Crippen MR) is 99.3 cm³/mol. The predicted octanol–water partition coefficient (Wildman–Crippen LogP) is 4.41. The van der Waals surface area contributed by atoms with Gasteiger partial charge in [-0.15, -0.1) is 0 Å². The Labute approximate surface area is 150 Å². The highest BCUT2D eigenvalue weighted by molar-refractivity contribution is 5.23. The lowest BCUT2D eigenvalue weighted by Crippen LogP contribution is -2.33. The van der Waals surface area contributed by atoms with Gasteiger partial charge in [-0.1, -0.05) is 35.8 Å². The minimum Gasteiger partial charge on any atom is -0.390 e. The molecule has 0 spiro atoms. The topological polar surface area (TPSA) is 49.5 Å². The summed E-state index contributed by atoms with van der Waals surface area (Å²) in [5, 5.41) is 14.1. The van der Waals surface area contributed by atoms with Crippen LogP contribution >= 0.6 is 0 Å². The molecule has 0 aliphatic carbocycles. The first kappa shape index (κ1) is 18.2. The molecule has 1 aliphatic heterocycles. The van der Waals surface area contributed by atoms with E-state index in [0.717, 1.165) is 43.8 Å². The largest absolute Gasteiger partial charge is 0.390 e. The van der Waals surface area contributed by atoms with Gasteiger partial charge in [0.15, 0.2) is 0 Å². The summed E-state index contributed by atoms with van der Waals surface area (Å²) in [5.74, 6) is 0.886. The molecule has 1 aromatic heterocycles. The van der Waals surface area contributed by atoms with Crippen molar-refractivity contribution >= 4 is 0 Å². The molecule has 1 aromatic carbocycles. The van der Waals surface area contributed by atoms with Crippen molar-refractivity contribution in [3.63, 3.8) is 0 Å². The van der Waals surface area contributed by atoms with Crippen LogP contribution in [0.25, 0.3) is 0 Å². The summed E-state index contributed by atoms with van der Waals surface area (Å²) in [6, 6.07) is 11.3. The Hall–Kier alpha value is -1.65. The van der Waals surface area contributed by atoms with Crippen LogP contribution in [-0.2, 0) is 13.0 Å². The third-order valence-electron chi connectivity index (χ3n) is 5.04. The van der Waals surface area contributed by atoms with E-state index < -0.39 is 5.60 Å². The van der Waals surface area contributed by atoms with Crippen LogP contribution in [0.2, 0.25) is 0 Å². The highest BCUT2D eigenvalue weighted by Gasteiger charge is 2.26. The maximum Gasteiger partial charge on any atom is 0.133 e. The van der Waals surface area contributed by atoms with Crippen LogP contribution in [0.1, 0.15) is 68.2 Å². The number of aromatic nitrogens is 1. The van der Waals surface area contributed by atoms with Crippen molar-refractivity contribution in [3.8, 4) is 0 Å². The highest BCUT2D eigenvalue weighted by Crippen LogP contribution is 2.31. The molecular formula is C21H30N2O2. The van der Waals surface area contributed by atoms with Gasteiger partial charge in [0, 0.05) is 12.6 Å². The minimum atomic E-state index is -0.602. The summed E-state index contributed by atoms with van der Waals surface area (Å²) in [6.45, 7) is 7.74. The molecule has 136 valence electrons. The van der Waals surface area contributed by atoms with E-state index in [1.54, 1.807) is 0 Å². The van der Waals surface area contributed by atoms with Gasteiger partial charge in [0.1, 0.15) is 11.5 Å². The van der Waals surface area contributed by atoms with Gasteiger partial charge in [-0.2, -0.15) is 0 Å². The number of hydrogen-bond donors (Lipinski definition) is 1. The summed E-state index contributed by atoms with van der Waals surface area (Å²) in [7, 11) is 0. The van der Waals surface area contributed by atoms with E-state index in [1.165, 1.54) is 24.0 Å². The van der Waals surface area contributed by atoms with Crippen molar-refractivity contribution in [2.45, 2.75) is 71.1 Å². The average molecular weight is 342 g/mol. The van der Waals surface area contributed by atoms with E-state index in [0.29, 0.717) is 6.04 Å². The molecule has 4 nitrogen and oxygen atoms in total. The molecule has 1 N–H and O–H groups in total. The van der Waals surface area contributed by atoms with Gasteiger partial charge in [-0.3, -0.25) is 4.90 Å². The maximum absolute atomic E-state index is 9.87. The van der Waals surface area contributed by atoms with E-state index in [1.807, 2.05) is 20.8 Å². The van der Waals surface area contributed by atoms with E-state index in [4.69, 9.17) is 4.52 Å². The van der Waals surface area contributed by atoms with E-state index in [2.05, 4.69) is 40.4 Å². The molecule has 25 heavy (non-hydrogen) atoms. The van der Waals surface area contributed by atoms with Crippen molar-refractivity contribution in [2.75, 3.05) is 6.54 Å². The molecule has 2 aromatic rings. The van der Waals surface area contributed by atoms with Crippen molar-refractivity contribution < 1.29 is 9.63 Å². The molecule has 0 saturated carbocycles.